The van der Waals surface area contributed by atoms with Crippen LogP contribution in [0.15, 0.2) is 18.2 Å². The molecule has 0 radical (unpaired) electrons. The first-order valence-corrected chi connectivity index (χ1v) is 6.25. The summed E-state index contributed by atoms with van der Waals surface area (Å²) in [5, 5.41) is 24.7. The molecule has 1 unspecified atom stereocenters. The number of nitrogens with one attached hydrogen (secondary N) is 2. The molecular formula is C14H22N2O3. The van der Waals surface area contributed by atoms with Crippen LogP contribution in [0, 0.1) is 0 Å². The lowest BCUT2D eigenvalue weighted by molar-refractivity contribution is -0.124. The molecule has 0 aromatic heterocycles. The summed E-state index contributed by atoms with van der Waals surface area (Å²) >= 11 is 0. The molecule has 0 heterocycles. The van der Waals surface area contributed by atoms with Gasteiger partial charge in [0.2, 0.25) is 5.91 Å². The van der Waals surface area contributed by atoms with Crippen LogP contribution in [0.5, 0.6) is 11.5 Å². The third-order valence-corrected chi connectivity index (χ3v) is 2.56. The van der Waals surface area contributed by atoms with Gasteiger partial charge in [0.1, 0.15) is 11.5 Å². The van der Waals surface area contributed by atoms with Crippen LogP contribution in [0.25, 0.3) is 0 Å². The molecule has 0 saturated heterocycles. The van der Waals surface area contributed by atoms with Crippen molar-refractivity contribution in [1.82, 2.24) is 10.6 Å². The minimum atomic E-state index is -0.368. The van der Waals surface area contributed by atoms with Crippen molar-refractivity contribution in [2.45, 2.75) is 45.8 Å². The van der Waals surface area contributed by atoms with E-state index in [2.05, 4.69) is 10.6 Å². The number of phenolic OH excluding ortho intramolecular Hbond substituents is 2. The second-order valence-corrected chi connectivity index (χ2v) is 5.65. The molecule has 1 atom stereocenters. The Hall–Kier alpha value is -1.75. The number of amides is 1. The van der Waals surface area contributed by atoms with Crippen molar-refractivity contribution >= 4 is 5.91 Å². The van der Waals surface area contributed by atoms with Gasteiger partial charge in [-0.25, -0.2) is 0 Å². The van der Waals surface area contributed by atoms with Gasteiger partial charge < -0.3 is 20.8 Å². The average Bonchev–Trinajstić information content (AvgIpc) is 2.25. The van der Waals surface area contributed by atoms with Crippen molar-refractivity contribution in [1.29, 1.82) is 0 Å². The maximum atomic E-state index is 11.8. The van der Waals surface area contributed by atoms with Crippen LogP contribution < -0.4 is 10.6 Å². The maximum Gasteiger partial charge on any atom is 0.237 e. The van der Waals surface area contributed by atoms with E-state index in [1.807, 2.05) is 20.8 Å². The highest BCUT2D eigenvalue weighted by atomic mass is 16.3. The predicted molar refractivity (Wildman–Crippen MR) is 74.0 cm³/mol. The number of carbonyl (C=O) groups excluding carboxylic acids is 1. The molecule has 0 aliphatic rings. The third-order valence-electron chi connectivity index (χ3n) is 2.56. The van der Waals surface area contributed by atoms with Crippen molar-refractivity contribution in [3.05, 3.63) is 23.8 Å². The van der Waals surface area contributed by atoms with Gasteiger partial charge in [-0.1, -0.05) is 6.07 Å². The number of rotatable bonds is 4. The fourth-order valence-corrected chi connectivity index (χ4v) is 1.54. The van der Waals surface area contributed by atoms with Crippen LogP contribution in [-0.2, 0) is 11.3 Å². The van der Waals surface area contributed by atoms with Crippen molar-refractivity contribution in [3.8, 4) is 11.5 Å². The van der Waals surface area contributed by atoms with Gasteiger partial charge >= 0.3 is 0 Å². The van der Waals surface area contributed by atoms with Gasteiger partial charge in [-0.05, 0) is 33.8 Å². The predicted octanol–water partition coefficient (Wildman–Crippen LogP) is 1.49. The number of hydrogen-bond donors (Lipinski definition) is 4. The minimum absolute atomic E-state index is 0.0101. The molecule has 106 valence electrons. The second-order valence-electron chi connectivity index (χ2n) is 5.65. The smallest absolute Gasteiger partial charge is 0.237 e. The molecule has 0 saturated carbocycles. The van der Waals surface area contributed by atoms with Crippen LogP contribution in [0.3, 0.4) is 0 Å². The first-order chi connectivity index (χ1) is 8.69. The van der Waals surface area contributed by atoms with E-state index in [1.165, 1.54) is 12.1 Å². The minimum Gasteiger partial charge on any atom is -0.508 e. The standard InChI is InChI=1S/C14H22N2O3/c1-9(13(19)16-14(2,3)4)15-8-10-5-6-11(17)7-12(10)18/h5-7,9,15,17-18H,8H2,1-4H3,(H,16,19). The lowest BCUT2D eigenvalue weighted by atomic mass is 10.1. The van der Waals surface area contributed by atoms with Gasteiger partial charge in [-0.2, -0.15) is 0 Å². The summed E-state index contributed by atoms with van der Waals surface area (Å²) in [7, 11) is 0. The SMILES string of the molecule is CC(NCc1ccc(O)cc1O)C(=O)NC(C)(C)C. The van der Waals surface area contributed by atoms with E-state index in [-0.39, 0.29) is 29.0 Å². The molecule has 0 aliphatic heterocycles. The zero-order chi connectivity index (χ0) is 14.6. The lowest BCUT2D eigenvalue weighted by Crippen LogP contribution is -2.49. The van der Waals surface area contributed by atoms with Gasteiger partial charge in [0.15, 0.2) is 0 Å². The molecule has 0 spiro atoms. The van der Waals surface area contributed by atoms with E-state index in [4.69, 9.17) is 0 Å². The van der Waals surface area contributed by atoms with Gasteiger partial charge in [0, 0.05) is 23.7 Å². The van der Waals surface area contributed by atoms with Crippen LogP contribution in [0.2, 0.25) is 0 Å². The highest BCUT2D eigenvalue weighted by Crippen LogP contribution is 2.22. The molecule has 19 heavy (non-hydrogen) atoms. The van der Waals surface area contributed by atoms with Crippen LogP contribution in [-0.4, -0.2) is 27.7 Å². The summed E-state index contributed by atoms with van der Waals surface area (Å²) in [6.45, 7) is 7.87. The van der Waals surface area contributed by atoms with Gasteiger partial charge in [-0.3, -0.25) is 4.79 Å². The van der Waals surface area contributed by atoms with Crippen LogP contribution in [0.1, 0.15) is 33.3 Å². The molecule has 5 heteroatoms. The summed E-state index contributed by atoms with van der Waals surface area (Å²) < 4.78 is 0. The van der Waals surface area contributed by atoms with Crippen molar-refractivity contribution in [3.63, 3.8) is 0 Å². The Labute approximate surface area is 113 Å². The summed E-state index contributed by atoms with van der Waals surface area (Å²) in [6, 6.07) is 4.02. The fraction of sp³-hybridized carbons (Fsp3) is 0.500. The monoisotopic (exact) mass is 266 g/mol. The Morgan fingerprint density at radius 3 is 2.47 bits per heavy atom. The zero-order valence-electron chi connectivity index (χ0n) is 11.8. The molecule has 5 nitrogen and oxygen atoms in total. The topological polar surface area (TPSA) is 81.6 Å². The van der Waals surface area contributed by atoms with Gasteiger partial charge in [-0.15, -0.1) is 0 Å². The van der Waals surface area contributed by atoms with E-state index in [9.17, 15) is 15.0 Å². The van der Waals surface area contributed by atoms with Crippen LogP contribution in [0.4, 0.5) is 0 Å². The second kappa shape index (κ2) is 5.93. The molecule has 4 N–H and O–H groups in total. The highest BCUT2D eigenvalue weighted by Gasteiger charge is 2.18. The Morgan fingerprint density at radius 1 is 1.32 bits per heavy atom. The van der Waals surface area contributed by atoms with E-state index >= 15 is 0 Å². The average molecular weight is 266 g/mol. The Kier molecular flexibility index (Phi) is 4.78. The number of phenols is 2. The molecule has 1 aromatic carbocycles. The van der Waals surface area contributed by atoms with E-state index in [0.29, 0.717) is 12.1 Å². The van der Waals surface area contributed by atoms with Crippen LogP contribution >= 0.6 is 0 Å². The highest BCUT2D eigenvalue weighted by molar-refractivity contribution is 5.81. The van der Waals surface area contributed by atoms with E-state index in [0.717, 1.165) is 0 Å². The zero-order valence-corrected chi connectivity index (χ0v) is 11.8. The summed E-state index contributed by atoms with van der Waals surface area (Å²) in [5.41, 5.74) is 0.362. The Bertz CT molecular complexity index is 452. The van der Waals surface area contributed by atoms with E-state index < -0.39 is 0 Å². The Morgan fingerprint density at radius 2 is 1.95 bits per heavy atom. The van der Waals surface area contributed by atoms with E-state index in [1.54, 1.807) is 13.0 Å². The molecular weight excluding hydrogens is 244 g/mol. The van der Waals surface area contributed by atoms with Crippen molar-refractivity contribution < 1.29 is 15.0 Å². The number of hydrogen-bond acceptors (Lipinski definition) is 4. The fourth-order valence-electron chi connectivity index (χ4n) is 1.54. The third kappa shape index (κ3) is 5.18. The molecule has 0 bridgehead atoms. The van der Waals surface area contributed by atoms with Gasteiger partial charge in [0.25, 0.3) is 0 Å². The summed E-state index contributed by atoms with van der Waals surface area (Å²) in [6.07, 6.45) is 0. The van der Waals surface area contributed by atoms with Crippen molar-refractivity contribution in [2.75, 3.05) is 0 Å². The number of carbonyl (C=O) groups is 1. The summed E-state index contributed by atoms with van der Waals surface area (Å²) in [4.78, 5) is 11.8. The molecule has 1 aromatic rings. The summed E-state index contributed by atoms with van der Waals surface area (Å²) in [5.74, 6) is -0.0681. The molecule has 0 fully saturated rings. The first kappa shape index (κ1) is 15.3. The molecule has 1 rings (SSSR count). The van der Waals surface area contributed by atoms with Crippen molar-refractivity contribution in [2.24, 2.45) is 0 Å². The molecule has 0 aliphatic carbocycles. The largest absolute Gasteiger partial charge is 0.508 e. The maximum absolute atomic E-state index is 11.8. The number of aromatic hydroxyl groups is 2. The molecule has 1 amide bonds. The lowest BCUT2D eigenvalue weighted by Gasteiger charge is -2.23. The number of benzene rings is 1. The first-order valence-electron chi connectivity index (χ1n) is 6.25. The van der Waals surface area contributed by atoms with Gasteiger partial charge in [0.05, 0.1) is 6.04 Å². The quantitative estimate of drug-likeness (QED) is 0.665. The Balaban J connectivity index is 2.54. The normalized spacial score (nSPS) is 13.1.